The van der Waals surface area contributed by atoms with Crippen LogP contribution < -0.4 is 10.0 Å². The Bertz CT molecular complexity index is 494. The summed E-state index contributed by atoms with van der Waals surface area (Å²) in [5, 5.41) is 7.05. The van der Waals surface area contributed by atoms with Gasteiger partial charge in [-0.2, -0.15) is 5.10 Å². The minimum absolute atomic E-state index is 0.247. The van der Waals surface area contributed by atoms with Crippen molar-refractivity contribution in [2.24, 2.45) is 5.92 Å². The van der Waals surface area contributed by atoms with Crippen LogP contribution in [-0.4, -0.2) is 38.3 Å². The number of hydrogen-bond acceptors (Lipinski definition) is 4. The van der Waals surface area contributed by atoms with E-state index in [1.54, 1.807) is 10.9 Å². The maximum absolute atomic E-state index is 12.0. The molecule has 6 nitrogen and oxygen atoms in total. The van der Waals surface area contributed by atoms with Gasteiger partial charge in [-0.15, -0.1) is 0 Å². The Kier molecular flexibility index (Phi) is 4.95. The van der Waals surface area contributed by atoms with Gasteiger partial charge in [0.15, 0.2) is 0 Å². The summed E-state index contributed by atoms with van der Waals surface area (Å²) in [7, 11) is -1.55. The van der Waals surface area contributed by atoms with Crippen molar-refractivity contribution in [3.05, 3.63) is 12.4 Å². The molecule has 0 spiro atoms. The molecule has 1 aromatic heterocycles. The molecule has 0 aliphatic heterocycles. The van der Waals surface area contributed by atoms with E-state index in [1.807, 2.05) is 7.05 Å². The highest BCUT2D eigenvalue weighted by molar-refractivity contribution is 7.89. The Morgan fingerprint density at radius 3 is 2.84 bits per heavy atom. The molecule has 1 aliphatic rings. The summed E-state index contributed by atoms with van der Waals surface area (Å²) in [6, 6.07) is 0. The van der Waals surface area contributed by atoms with E-state index in [-0.39, 0.29) is 4.90 Å². The lowest BCUT2D eigenvalue weighted by Gasteiger charge is -2.24. The topological polar surface area (TPSA) is 76.0 Å². The highest BCUT2D eigenvalue weighted by Crippen LogP contribution is 2.28. The number of nitrogens with zero attached hydrogens (tertiary/aromatic N) is 2. The van der Waals surface area contributed by atoms with Crippen LogP contribution in [0.4, 0.5) is 0 Å². The van der Waals surface area contributed by atoms with Crippen molar-refractivity contribution in [3.63, 3.8) is 0 Å². The summed E-state index contributed by atoms with van der Waals surface area (Å²) in [5.74, 6) is 0.709. The second-order valence-electron chi connectivity index (χ2n) is 5.03. The maximum atomic E-state index is 12.0. The second kappa shape index (κ2) is 6.49. The van der Waals surface area contributed by atoms with E-state index in [4.69, 9.17) is 0 Å². The number of nitrogens with one attached hydrogen (secondary N) is 2. The van der Waals surface area contributed by atoms with E-state index in [9.17, 15) is 8.42 Å². The van der Waals surface area contributed by atoms with Crippen LogP contribution in [0.3, 0.4) is 0 Å². The molecule has 1 aliphatic carbocycles. The van der Waals surface area contributed by atoms with Crippen LogP contribution in [0, 0.1) is 5.92 Å². The third-order valence-corrected chi connectivity index (χ3v) is 5.00. The molecule has 0 bridgehead atoms. The molecule has 0 unspecified atom stereocenters. The lowest BCUT2D eigenvalue weighted by atomic mass is 9.83. The molecule has 0 aromatic carbocycles. The summed E-state index contributed by atoms with van der Waals surface area (Å²) in [5.41, 5.74) is 0. The highest BCUT2D eigenvalue weighted by atomic mass is 32.2. The third kappa shape index (κ3) is 4.02. The van der Waals surface area contributed by atoms with E-state index in [2.05, 4.69) is 15.1 Å². The second-order valence-corrected chi connectivity index (χ2v) is 6.79. The number of rotatable bonds is 8. The van der Waals surface area contributed by atoms with Crippen LogP contribution >= 0.6 is 0 Å². The summed E-state index contributed by atoms with van der Waals surface area (Å²) in [4.78, 5) is 0.247. The average molecular weight is 286 g/mol. The Morgan fingerprint density at radius 1 is 1.42 bits per heavy atom. The molecule has 0 atom stereocenters. The first-order valence-corrected chi connectivity index (χ1v) is 8.27. The molecule has 1 saturated carbocycles. The molecule has 0 amide bonds. The standard InChI is InChI=1S/C12H22N4O2S/c1-13-7-8-16-10-12(9-14-16)19(17,18)15-6-5-11-3-2-4-11/h9-11,13,15H,2-8H2,1H3. The predicted molar refractivity (Wildman–Crippen MR) is 73.3 cm³/mol. The van der Waals surface area contributed by atoms with Crippen molar-refractivity contribution in [1.82, 2.24) is 19.8 Å². The lowest BCUT2D eigenvalue weighted by Crippen LogP contribution is -2.27. The van der Waals surface area contributed by atoms with Crippen LogP contribution in [0.15, 0.2) is 17.3 Å². The van der Waals surface area contributed by atoms with Gasteiger partial charge in [-0.05, 0) is 19.4 Å². The molecule has 0 saturated heterocycles. The maximum Gasteiger partial charge on any atom is 0.243 e. The smallest absolute Gasteiger partial charge is 0.243 e. The fourth-order valence-electron chi connectivity index (χ4n) is 2.09. The van der Waals surface area contributed by atoms with Gasteiger partial charge < -0.3 is 5.32 Å². The summed E-state index contributed by atoms with van der Waals surface area (Å²) < 4.78 is 28.3. The van der Waals surface area contributed by atoms with Gasteiger partial charge in [-0.1, -0.05) is 19.3 Å². The van der Waals surface area contributed by atoms with Gasteiger partial charge in [0.2, 0.25) is 10.0 Å². The summed E-state index contributed by atoms with van der Waals surface area (Å²) in [6.45, 7) is 1.94. The SMILES string of the molecule is CNCCn1cc(S(=O)(=O)NCCC2CCC2)cn1. The zero-order valence-electron chi connectivity index (χ0n) is 11.3. The van der Waals surface area contributed by atoms with Gasteiger partial charge >= 0.3 is 0 Å². The number of aromatic nitrogens is 2. The summed E-state index contributed by atoms with van der Waals surface area (Å²) >= 11 is 0. The van der Waals surface area contributed by atoms with Crippen molar-refractivity contribution in [2.45, 2.75) is 37.1 Å². The fourth-order valence-corrected chi connectivity index (χ4v) is 3.09. The molecular weight excluding hydrogens is 264 g/mol. The van der Waals surface area contributed by atoms with Gasteiger partial charge in [-0.25, -0.2) is 13.1 Å². The third-order valence-electron chi connectivity index (χ3n) is 3.58. The van der Waals surface area contributed by atoms with Gasteiger partial charge in [0.25, 0.3) is 0 Å². The summed E-state index contributed by atoms with van der Waals surface area (Å²) in [6.07, 6.45) is 7.68. The zero-order valence-corrected chi connectivity index (χ0v) is 12.1. The van der Waals surface area contributed by atoms with E-state index >= 15 is 0 Å². The minimum atomic E-state index is -3.40. The molecule has 1 fully saturated rings. The number of sulfonamides is 1. The molecule has 1 aromatic rings. The largest absolute Gasteiger partial charge is 0.318 e. The van der Waals surface area contributed by atoms with Crippen molar-refractivity contribution in [1.29, 1.82) is 0 Å². The molecule has 0 radical (unpaired) electrons. The Balaban J connectivity index is 1.85. The molecule has 2 N–H and O–H groups in total. The van der Waals surface area contributed by atoms with Gasteiger partial charge in [0.1, 0.15) is 4.90 Å². The van der Waals surface area contributed by atoms with Gasteiger partial charge in [-0.3, -0.25) is 4.68 Å². The van der Waals surface area contributed by atoms with Crippen LogP contribution in [0.2, 0.25) is 0 Å². The number of hydrogen-bond donors (Lipinski definition) is 2. The first-order valence-electron chi connectivity index (χ1n) is 6.78. The van der Waals surface area contributed by atoms with Crippen molar-refractivity contribution in [3.8, 4) is 0 Å². The van der Waals surface area contributed by atoms with Crippen molar-refractivity contribution < 1.29 is 8.42 Å². The number of likely N-dealkylation sites (N-methyl/N-ethyl adjacent to an activating group) is 1. The van der Waals surface area contributed by atoms with Gasteiger partial charge in [0.05, 0.1) is 12.7 Å². The molecule has 19 heavy (non-hydrogen) atoms. The van der Waals surface area contributed by atoms with Crippen LogP contribution in [0.25, 0.3) is 0 Å². The Labute approximate surface area is 114 Å². The van der Waals surface area contributed by atoms with Crippen LogP contribution in [-0.2, 0) is 16.6 Å². The van der Waals surface area contributed by atoms with Crippen LogP contribution in [0.5, 0.6) is 0 Å². The van der Waals surface area contributed by atoms with E-state index in [0.29, 0.717) is 19.0 Å². The Hall–Kier alpha value is -0.920. The van der Waals surface area contributed by atoms with E-state index in [0.717, 1.165) is 13.0 Å². The molecule has 2 rings (SSSR count). The monoisotopic (exact) mass is 286 g/mol. The molecule has 1 heterocycles. The van der Waals surface area contributed by atoms with Crippen molar-refractivity contribution >= 4 is 10.0 Å². The van der Waals surface area contributed by atoms with E-state index < -0.39 is 10.0 Å². The Morgan fingerprint density at radius 2 is 2.21 bits per heavy atom. The first-order chi connectivity index (χ1) is 9.12. The average Bonchev–Trinajstić information content (AvgIpc) is 2.79. The molecular formula is C12H22N4O2S. The van der Waals surface area contributed by atoms with E-state index in [1.165, 1.54) is 25.5 Å². The first kappa shape index (κ1) is 14.5. The van der Waals surface area contributed by atoms with Gasteiger partial charge in [0, 0.05) is 19.3 Å². The predicted octanol–water partition coefficient (Wildman–Crippen LogP) is 0.571. The van der Waals surface area contributed by atoms with Crippen molar-refractivity contribution in [2.75, 3.05) is 20.1 Å². The minimum Gasteiger partial charge on any atom is -0.318 e. The highest BCUT2D eigenvalue weighted by Gasteiger charge is 2.20. The lowest BCUT2D eigenvalue weighted by molar-refractivity contribution is 0.297. The van der Waals surface area contributed by atoms with Crippen LogP contribution in [0.1, 0.15) is 25.7 Å². The fraction of sp³-hybridized carbons (Fsp3) is 0.750. The quantitative estimate of drug-likeness (QED) is 0.732. The molecule has 108 valence electrons. The zero-order chi connectivity index (χ0) is 13.7. The normalized spacial score (nSPS) is 16.5. The molecule has 7 heteroatoms.